The zero-order valence-corrected chi connectivity index (χ0v) is 14.1. The molecule has 2 aromatic carbocycles. The number of nitrogens with one attached hydrogen (secondary N) is 1. The molecule has 2 rings (SSSR count). The first-order valence-corrected chi connectivity index (χ1v) is 7.77. The van der Waals surface area contributed by atoms with Crippen molar-refractivity contribution in [2.24, 2.45) is 0 Å². The molecule has 0 heterocycles. The minimum absolute atomic E-state index is 0.0403. The van der Waals surface area contributed by atoms with E-state index in [0.29, 0.717) is 0 Å². The Morgan fingerprint density at radius 1 is 1.17 bits per heavy atom. The van der Waals surface area contributed by atoms with Crippen molar-refractivity contribution in [2.45, 2.75) is 27.2 Å². The number of carbonyl (C=O) groups excluding carboxylic acids is 2. The Morgan fingerprint density at radius 2 is 1.92 bits per heavy atom. The van der Waals surface area contributed by atoms with Gasteiger partial charge in [-0.2, -0.15) is 0 Å². The summed E-state index contributed by atoms with van der Waals surface area (Å²) in [4.78, 5) is 24.0. The van der Waals surface area contributed by atoms with Crippen LogP contribution in [0.1, 0.15) is 34.0 Å². The van der Waals surface area contributed by atoms with E-state index in [0.717, 1.165) is 28.8 Å². The van der Waals surface area contributed by atoms with Gasteiger partial charge in [0.1, 0.15) is 11.3 Å². The number of anilines is 1. The van der Waals surface area contributed by atoms with Crippen molar-refractivity contribution in [3.8, 4) is 5.75 Å². The highest BCUT2D eigenvalue weighted by Gasteiger charge is 2.15. The summed E-state index contributed by atoms with van der Waals surface area (Å²) >= 11 is 0. The molecule has 0 spiro atoms. The Labute approximate surface area is 141 Å². The molecule has 0 atom stereocenters. The van der Waals surface area contributed by atoms with E-state index in [9.17, 15) is 14.7 Å². The predicted molar refractivity (Wildman–Crippen MR) is 92.3 cm³/mol. The molecule has 5 heteroatoms. The molecular weight excluding hydrogens is 306 g/mol. The molecule has 0 radical (unpaired) electrons. The van der Waals surface area contributed by atoms with E-state index in [-0.39, 0.29) is 11.3 Å². The van der Waals surface area contributed by atoms with E-state index in [2.05, 4.69) is 5.32 Å². The molecule has 5 nitrogen and oxygen atoms in total. The van der Waals surface area contributed by atoms with Crippen molar-refractivity contribution in [1.29, 1.82) is 0 Å². The third-order valence-electron chi connectivity index (χ3n) is 3.71. The fourth-order valence-corrected chi connectivity index (χ4v) is 2.40. The average molecular weight is 327 g/mol. The van der Waals surface area contributed by atoms with Crippen molar-refractivity contribution in [3.05, 3.63) is 58.7 Å². The lowest BCUT2D eigenvalue weighted by Gasteiger charge is -2.13. The van der Waals surface area contributed by atoms with Gasteiger partial charge < -0.3 is 15.2 Å². The summed E-state index contributed by atoms with van der Waals surface area (Å²) in [5.74, 6) is -1.31. The van der Waals surface area contributed by atoms with Crippen LogP contribution >= 0.6 is 0 Å². The van der Waals surface area contributed by atoms with E-state index >= 15 is 0 Å². The van der Waals surface area contributed by atoms with Crippen LogP contribution in [-0.4, -0.2) is 23.6 Å². The molecular formula is C19H21NO4. The summed E-state index contributed by atoms with van der Waals surface area (Å²) in [7, 11) is 0. The lowest BCUT2D eigenvalue weighted by Crippen LogP contribution is -2.22. The summed E-state index contributed by atoms with van der Waals surface area (Å²) in [6, 6.07) is 10.4. The molecule has 0 saturated carbocycles. The smallest absolute Gasteiger partial charge is 0.342 e. The highest BCUT2D eigenvalue weighted by Crippen LogP contribution is 2.21. The van der Waals surface area contributed by atoms with Gasteiger partial charge in [0.2, 0.25) is 0 Å². The molecule has 24 heavy (non-hydrogen) atoms. The van der Waals surface area contributed by atoms with E-state index in [4.69, 9.17) is 4.74 Å². The number of aryl methyl sites for hydroxylation is 3. The van der Waals surface area contributed by atoms with Crippen molar-refractivity contribution >= 4 is 17.6 Å². The van der Waals surface area contributed by atoms with Crippen molar-refractivity contribution in [1.82, 2.24) is 0 Å². The lowest BCUT2D eigenvalue weighted by molar-refractivity contribution is -0.119. The van der Waals surface area contributed by atoms with Crippen LogP contribution in [0.5, 0.6) is 5.75 Å². The fraction of sp³-hybridized carbons (Fsp3) is 0.263. The third kappa shape index (κ3) is 4.13. The van der Waals surface area contributed by atoms with Gasteiger partial charge in [-0.3, -0.25) is 4.79 Å². The molecule has 1 amide bonds. The second-order valence-electron chi connectivity index (χ2n) is 5.61. The lowest BCUT2D eigenvalue weighted by atomic mass is 10.1. The SMILES string of the molecule is CCc1cccc(C)c1NC(=O)COC(=O)c1ccc(C)cc1O. The van der Waals surface area contributed by atoms with Crippen molar-refractivity contribution < 1.29 is 19.4 Å². The number of rotatable bonds is 5. The molecule has 2 N–H and O–H groups in total. The fourth-order valence-electron chi connectivity index (χ4n) is 2.40. The number of amides is 1. The monoisotopic (exact) mass is 327 g/mol. The van der Waals surface area contributed by atoms with E-state index < -0.39 is 18.5 Å². The Morgan fingerprint density at radius 3 is 2.58 bits per heavy atom. The zero-order chi connectivity index (χ0) is 17.7. The molecule has 0 bridgehead atoms. The van der Waals surface area contributed by atoms with Crippen LogP contribution in [-0.2, 0) is 16.0 Å². The summed E-state index contributed by atoms with van der Waals surface area (Å²) in [5, 5.41) is 12.5. The summed E-state index contributed by atoms with van der Waals surface area (Å²) < 4.78 is 4.99. The zero-order valence-electron chi connectivity index (χ0n) is 14.1. The Balaban J connectivity index is 2.00. The Bertz CT molecular complexity index is 768. The number of phenolic OH excluding ortho intramolecular Hbond substituents is 1. The summed E-state index contributed by atoms with van der Waals surface area (Å²) in [5.41, 5.74) is 3.59. The molecule has 0 aliphatic heterocycles. The number of hydrogen-bond acceptors (Lipinski definition) is 4. The van der Waals surface area contributed by atoms with Gasteiger partial charge in [-0.1, -0.05) is 31.2 Å². The number of ether oxygens (including phenoxy) is 1. The predicted octanol–water partition coefficient (Wildman–Crippen LogP) is 3.37. The molecule has 0 aliphatic carbocycles. The largest absolute Gasteiger partial charge is 0.507 e. The van der Waals surface area contributed by atoms with Crippen LogP contribution in [0.2, 0.25) is 0 Å². The molecule has 0 unspecified atom stereocenters. The average Bonchev–Trinajstić information content (AvgIpc) is 2.54. The van der Waals surface area contributed by atoms with Crippen LogP contribution in [0, 0.1) is 13.8 Å². The second kappa shape index (κ2) is 7.64. The normalized spacial score (nSPS) is 10.3. The van der Waals surface area contributed by atoms with Crippen LogP contribution in [0.25, 0.3) is 0 Å². The number of aromatic hydroxyl groups is 1. The van der Waals surface area contributed by atoms with E-state index in [1.54, 1.807) is 13.0 Å². The number of phenols is 1. The van der Waals surface area contributed by atoms with Gasteiger partial charge in [0.05, 0.1) is 0 Å². The number of para-hydroxylation sites is 1. The minimum Gasteiger partial charge on any atom is -0.507 e. The maximum absolute atomic E-state index is 12.1. The molecule has 2 aromatic rings. The van der Waals surface area contributed by atoms with Crippen LogP contribution in [0.15, 0.2) is 36.4 Å². The third-order valence-corrected chi connectivity index (χ3v) is 3.71. The van der Waals surface area contributed by atoms with Crippen LogP contribution < -0.4 is 5.32 Å². The molecule has 126 valence electrons. The first-order valence-electron chi connectivity index (χ1n) is 7.77. The molecule has 0 saturated heterocycles. The first-order chi connectivity index (χ1) is 11.4. The van der Waals surface area contributed by atoms with Gasteiger partial charge in [-0.15, -0.1) is 0 Å². The second-order valence-corrected chi connectivity index (χ2v) is 5.61. The number of benzene rings is 2. The summed E-state index contributed by atoms with van der Waals surface area (Å²) in [6.07, 6.45) is 0.786. The van der Waals surface area contributed by atoms with Crippen LogP contribution in [0.3, 0.4) is 0 Å². The number of hydrogen-bond donors (Lipinski definition) is 2. The standard InChI is InChI=1S/C19H21NO4/c1-4-14-7-5-6-13(3)18(14)20-17(22)11-24-19(23)15-9-8-12(2)10-16(15)21/h5-10,21H,4,11H2,1-3H3,(H,20,22). The van der Waals surface area contributed by atoms with Gasteiger partial charge in [0.25, 0.3) is 5.91 Å². The van der Waals surface area contributed by atoms with Gasteiger partial charge in [0, 0.05) is 5.69 Å². The minimum atomic E-state index is -0.733. The highest BCUT2D eigenvalue weighted by atomic mass is 16.5. The first kappa shape index (κ1) is 17.5. The molecule has 0 fully saturated rings. The van der Waals surface area contributed by atoms with Crippen molar-refractivity contribution in [2.75, 3.05) is 11.9 Å². The van der Waals surface area contributed by atoms with Crippen molar-refractivity contribution in [3.63, 3.8) is 0 Å². The van der Waals surface area contributed by atoms with Gasteiger partial charge in [0.15, 0.2) is 6.61 Å². The topological polar surface area (TPSA) is 75.6 Å². The van der Waals surface area contributed by atoms with Crippen LogP contribution in [0.4, 0.5) is 5.69 Å². The maximum atomic E-state index is 12.1. The van der Waals surface area contributed by atoms with E-state index in [1.807, 2.05) is 32.0 Å². The number of carbonyl (C=O) groups is 2. The Hall–Kier alpha value is -2.82. The van der Waals surface area contributed by atoms with E-state index in [1.165, 1.54) is 12.1 Å². The quantitative estimate of drug-likeness (QED) is 0.826. The highest BCUT2D eigenvalue weighted by molar-refractivity contribution is 5.97. The summed E-state index contributed by atoms with van der Waals surface area (Å²) in [6.45, 7) is 5.30. The van der Waals surface area contributed by atoms with Gasteiger partial charge in [-0.25, -0.2) is 4.79 Å². The van der Waals surface area contributed by atoms with Gasteiger partial charge in [-0.05, 0) is 49.1 Å². The Kier molecular flexibility index (Phi) is 5.58. The molecule has 0 aliphatic rings. The number of esters is 1. The van der Waals surface area contributed by atoms with Gasteiger partial charge >= 0.3 is 5.97 Å². The molecule has 0 aromatic heterocycles. The maximum Gasteiger partial charge on any atom is 0.342 e.